The summed E-state index contributed by atoms with van der Waals surface area (Å²) >= 11 is 0. The lowest BCUT2D eigenvalue weighted by Gasteiger charge is -2.10. The molecule has 1 unspecified atom stereocenters. The number of hydrogen-bond donors (Lipinski definition) is 4. The maximum atomic E-state index is 10.9. The highest BCUT2D eigenvalue weighted by atomic mass is 16.3. The van der Waals surface area contributed by atoms with Crippen LogP contribution in [-0.4, -0.2) is 27.1 Å². The summed E-state index contributed by atoms with van der Waals surface area (Å²) in [6.45, 7) is 1.35. The molecule has 1 rings (SSSR count). The monoisotopic (exact) mass is 211 g/mol. The molecule has 0 radical (unpaired) electrons. The maximum Gasteiger partial charge on any atom is 0.161 e. The average Bonchev–Trinajstić information content (AvgIpc) is 2.13. The van der Waals surface area contributed by atoms with Gasteiger partial charge in [-0.05, 0) is 25.0 Å². The molecular weight excluding hydrogens is 198 g/mol. The minimum Gasteiger partial charge on any atom is -0.508 e. The van der Waals surface area contributed by atoms with Gasteiger partial charge >= 0.3 is 0 Å². The second kappa shape index (κ2) is 4.18. The normalized spacial score (nSPS) is 12.4. The molecule has 0 heterocycles. The van der Waals surface area contributed by atoms with Gasteiger partial charge in [0.2, 0.25) is 0 Å². The van der Waals surface area contributed by atoms with Crippen LogP contribution in [0.2, 0.25) is 0 Å². The predicted molar refractivity (Wildman–Crippen MR) is 53.8 cm³/mol. The van der Waals surface area contributed by atoms with Gasteiger partial charge in [0.1, 0.15) is 11.5 Å². The Balaban J connectivity index is 2.95. The fourth-order valence-electron chi connectivity index (χ4n) is 1.15. The summed E-state index contributed by atoms with van der Waals surface area (Å²) in [6, 6.07) is 1.48. The Hall–Kier alpha value is -1.75. The third-order valence-electron chi connectivity index (χ3n) is 2.14. The van der Waals surface area contributed by atoms with Crippen LogP contribution in [-0.2, 0) is 11.2 Å². The Kier molecular flexibility index (Phi) is 3.16. The van der Waals surface area contributed by atoms with Crippen LogP contribution < -0.4 is 5.73 Å². The molecule has 0 aliphatic rings. The first-order valence-corrected chi connectivity index (χ1v) is 4.41. The number of phenolic OH excluding ortho intramolecular Hbond substituents is 3. The highest BCUT2D eigenvalue weighted by Gasteiger charge is 2.14. The van der Waals surface area contributed by atoms with Crippen LogP contribution in [0.3, 0.4) is 0 Å². The SMILES string of the molecule is CC(=O)C(N)Cc1cc(O)c(O)cc1O. The fourth-order valence-corrected chi connectivity index (χ4v) is 1.15. The zero-order valence-electron chi connectivity index (χ0n) is 8.27. The molecule has 0 fully saturated rings. The second-order valence-electron chi connectivity index (χ2n) is 3.39. The van der Waals surface area contributed by atoms with E-state index in [4.69, 9.17) is 10.8 Å². The Bertz CT molecular complexity index is 389. The number of Topliss-reactive ketones (excluding diaryl/α,β-unsaturated/α-hetero) is 1. The summed E-state index contributed by atoms with van der Waals surface area (Å²) in [5, 5.41) is 27.7. The third-order valence-corrected chi connectivity index (χ3v) is 2.14. The van der Waals surface area contributed by atoms with E-state index in [-0.39, 0.29) is 23.7 Å². The van der Waals surface area contributed by atoms with E-state index in [1.165, 1.54) is 13.0 Å². The zero-order valence-corrected chi connectivity index (χ0v) is 8.27. The minimum atomic E-state index is -0.722. The Morgan fingerprint density at radius 3 is 2.33 bits per heavy atom. The molecule has 0 amide bonds. The van der Waals surface area contributed by atoms with Gasteiger partial charge in [-0.1, -0.05) is 0 Å². The second-order valence-corrected chi connectivity index (χ2v) is 3.39. The van der Waals surface area contributed by atoms with Crippen molar-refractivity contribution in [3.8, 4) is 17.2 Å². The van der Waals surface area contributed by atoms with Crippen molar-refractivity contribution in [1.82, 2.24) is 0 Å². The van der Waals surface area contributed by atoms with Crippen molar-refractivity contribution in [2.45, 2.75) is 19.4 Å². The topological polar surface area (TPSA) is 104 Å². The molecule has 5 N–H and O–H groups in total. The van der Waals surface area contributed by atoms with Crippen LogP contribution in [0.25, 0.3) is 0 Å². The lowest BCUT2D eigenvalue weighted by molar-refractivity contribution is -0.118. The van der Waals surface area contributed by atoms with Crippen molar-refractivity contribution in [3.63, 3.8) is 0 Å². The van der Waals surface area contributed by atoms with E-state index in [2.05, 4.69) is 0 Å². The number of nitrogens with two attached hydrogens (primary N) is 1. The predicted octanol–water partition coefficient (Wildman–Crippen LogP) is 0.262. The van der Waals surface area contributed by atoms with E-state index >= 15 is 0 Å². The van der Waals surface area contributed by atoms with Gasteiger partial charge < -0.3 is 21.1 Å². The number of hydrogen-bond acceptors (Lipinski definition) is 5. The largest absolute Gasteiger partial charge is 0.508 e. The number of phenols is 3. The van der Waals surface area contributed by atoms with Crippen LogP contribution in [0.15, 0.2) is 12.1 Å². The molecule has 0 aliphatic carbocycles. The number of ketones is 1. The molecule has 1 aromatic carbocycles. The van der Waals surface area contributed by atoms with E-state index in [1.807, 2.05) is 0 Å². The molecule has 0 bridgehead atoms. The molecule has 0 saturated heterocycles. The van der Waals surface area contributed by atoms with Crippen LogP contribution in [0, 0.1) is 0 Å². The summed E-state index contributed by atoms with van der Waals surface area (Å²) in [5.74, 6) is -1.16. The Morgan fingerprint density at radius 1 is 1.27 bits per heavy atom. The van der Waals surface area contributed by atoms with Crippen molar-refractivity contribution in [3.05, 3.63) is 17.7 Å². The van der Waals surface area contributed by atoms with Gasteiger partial charge in [0.15, 0.2) is 11.5 Å². The summed E-state index contributed by atoms with van der Waals surface area (Å²) in [5.41, 5.74) is 5.83. The van der Waals surface area contributed by atoms with Crippen molar-refractivity contribution < 1.29 is 20.1 Å². The Labute approximate surface area is 86.8 Å². The van der Waals surface area contributed by atoms with Crippen LogP contribution in [0.1, 0.15) is 12.5 Å². The summed E-state index contributed by atoms with van der Waals surface area (Å²) in [7, 11) is 0. The smallest absolute Gasteiger partial charge is 0.161 e. The number of rotatable bonds is 3. The average molecular weight is 211 g/mol. The van der Waals surface area contributed by atoms with Crippen LogP contribution in [0.4, 0.5) is 0 Å². The number of carbonyl (C=O) groups is 1. The van der Waals surface area contributed by atoms with E-state index in [0.717, 1.165) is 6.07 Å². The molecule has 0 spiro atoms. The van der Waals surface area contributed by atoms with E-state index in [1.54, 1.807) is 0 Å². The van der Waals surface area contributed by atoms with Crippen molar-refractivity contribution in [2.75, 3.05) is 0 Å². The zero-order chi connectivity index (χ0) is 11.6. The highest BCUT2D eigenvalue weighted by molar-refractivity contribution is 5.81. The molecule has 5 nitrogen and oxygen atoms in total. The summed E-state index contributed by atoms with van der Waals surface area (Å²) < 4.78 is 0. The minimum absolute atomic E-state index is 0.120. The van der Waals surface area contributed by atoms with Gasteiger partial charge in [-0.25, -0.2) is 0 Å². The van der Waals surface area contributed by atoms with Crippen LogP contribution in [0.5, 0.6) is 17.2 Å². The molecule has 15 heavy (non-hydrogen) atoms. The Morgan fingerprint density at radius 2 is 1.80 bits per heavy atom. The standard InChI is InChI=1S/C10H13NO4/c1-5(12)7(11)2-6-3-9(14)10(15)4-8(6)13/h3-4,7,13-15H,2,11H2,1H3. The third kappa shape index (κ3) is 2.60. The molecule has 1 atom stereocenters. The highest BCUT2D eigenvalue weighted by Crippen LogP contribution is 2.32. The molecule has 0 saturated carbocycles. The molecule has 5 heteroatoms. The van der Waals surface area contributed by atoms with Crippen LogP contribution >= 0.6 is 0 Å². The van der Waals surface area contributed by atoms with E-state index in [9.17, 15) is 15.0 Å². The number of benzene rings is 1. The maximum absolute atomic E-state index is 10.9. The van der Waals surface area contributed by atoms with E-state index < -0.39 is 11.8 Å². The lowest BCUT2D eigenvalue weighted by Crippen LogP contribution is -2.30. The molecule has 82 valence electrons. The van der Waals surface area contributed by atoms with Gasteiger partial charge in [0.25, 0.3) is 0 Å². The molecule has 1 aromatic rings. The quantitative estimate of drug-likeness (QED) is 0.424. The van der Waals surface area contributed by atoms with Crippen molar-refractivity contribution in [1.29, 1.82) is 0 Å². The van der Waals surface area contributed by atoms with Gasteiger partial charge in [-0.15, -0.1) is 0 Å². The first-order chi connectivity index (χ1) is 6.91. The van der Waals surface area contributed by atoms with Crippen molar-refractivity contribution >= 4 is 5.78 Å². The molecule has 0 aromatic heterocycles. The van der Waals surface area contributed by atoms with Gasteiger partial charge in [-0.2, -0.15) is 0 Å². The summed E-state index contributed by atoms with van der Waals surface area (Å²) in [6.07, 6.45) is 0.120. The molecular formula is C10H13NO4. The van der Waals surface area contributed by atoms with Gasteiger partial charge in [-0.3, -0.25) is 4.79 Å². The number of aromatic hydroxyl groups is 3. The van der Waals surface area contributed by atoms with Crippen molar-refractivity contribution in [2.24, 2.45) is 5.73 Å². The first-order valence-electron chi connectivity index (χ1n) is 4.41. The first kappa shape index (κ1) is 11.3. The van der Waals surface area contributed by atoms with Gasteiger partial charge in [0.05, 0.1) is 6.04 Å². The lowest BCUT2D eigenvalue weighted by atomic mass is 10.0. The summed E-state index contributed by atoms with van der Waals surface area (Å²) in [4.78, 5) is 10.9. The number of carbonyl (C=O) groups excluding carboxylic acids is 1. The van der Waals surface area contributed by atoms with E-state index in [0.29, 0.717) is 5.56 Å². The fraction of sp³-hybridized carbons (Fsp3) is 0.300. The van der Waals surface area contributed by atoms with Gasteiger partial charge in [0, 0.05) is 6.07 Å². The molecule has 0 aliphatic heterocycles.